The summed E-state index contributed by atoms with van der Waals surface area (Å²) in [6.45, 7) is 1.93. The molecule has 1 aliphatic heterocycles. The second-order valence-electron chi connectivity index (χ2n) is 4.34. The molecule has 0 spiro atoms. The van der Waals surface area contributed by atoms with E-state index in [1.807, 2.05) is 18.4 Å². The topological polar surface area (TPSA) is 72.5 Å². The number of hydrogen-bond donors (Lipinski definition) is 1. The van der Waals surface area contributed by atoms with Gasteiger partial charge in [-0.1, -0.05) is 0 Å². The van der Waals surface area contributed by atoms with Crippen molar-refractivity contribution in [2.75, 3.05) is 18.6 Å². The van der Waals surface area contributed by atoms with Gasteiger partial charge in [0.1, 0.15) is 6.04 Å². The number of methoxy groups -OCH3 is 1. The summed E-state index contributed by atoms with van der Waals surface area (Å²) in [4.78, 5) is 12.5. The van der Waals surface area contributed by atoms with Crippen LogP contribution in [0.3, 0.4) is 0 Å². The monoisotopic (exact) mass is 289 g/mol. The van der Waals surface area contributed by atoms with E-state index >= 15 is 0 Å². The second-order valence-corrected chi connectivity index (χ2v) is 7.44. The third-order valence-electron chi connectivity index (χ3n) is 2.95. The van der Waals surface area contributed by atoms with E-state index in [1.54, 1.807) is 0 Å². The first kappa shape index (κ1) is 13.5. The van der Waals surface area contributed by atoms with Gasteiger partial charge in [0.2, 0.25) is 0 Å². The van der Waals surface area contributed by atoms with Crippen LogP contribution in [0.25, 0.3) is 0 Å². The van der Waals surface area contributed by atoms with Crippen LogP contribution in [0.1, 0.15) is 16.5 Å². The fourth-order valence-electron chi connectivity index (χ4n) is 2.09. The number of carbonyl (C=O) groups excluding carboxylic acids is 1. The third kappa shape index (κ3) is 2.73. The molecular formula is C11H15NO4S2. The van der Waals surface area contributed by atoms with Gasteiger partial charge in [-0.2, -0.15) is 0 Å². The Morgan fingerprint density at radius 1 is 1.50 bits per heavy atom. The molecule has 2 rings (SSSR count). The Balaban J connectivity index is 2.28. The highest BCUT2D eigenvalue weighted by atomic mass is 32.2. The lowest BCUT2D eigenvalue weighted by molar-refractivity contribution is -0.142. The fourth-order valence-corrected chi connectivity index (χ4v) is 4.83. The number of carbonyl (C=O) groups is 1. The van der Waals surface area contributed by atoms with Crippen molar-refractivity contribution in [2.45, 2.75) is 19.0 Å². The van der Waals surface area contributed by atoms with Gasteiger partial charge in [-0.25, -0.2) is 8.42 Å². The molecule has 5 nitrogen and oxygen atoms in total. The molecule has 0 bridgehead atoms. The predicted octanol–water partition coefficient (Wildman–Crippen LogP) is 0.657. The molecule has 2 unspecified atom stereocenters. The van der Waals surface area contributed by atoms with Crippen molar-refractivity contribution in [1.82, 2.24) is 5.32 Å². The van der Waals surface area contributed by atoms with Gasteiger partial charge in [0, 0.05) is 4.88 Å². The summed E-state index contributed by atoms with van der Waals surface area (Å²) in [5, 5.41) is 4.98. The summed E-state index contributed by atoms with van der Waals surface area (Å²) >= 11 is 1.50. The summed E-state index contributed by atoms with van der Waals surface area (Å²) in [5.41, 5.74) is 1.04. The minimum atomic E-state index is -3.24. The van der Waals surface area contributed by atoms with Gasteiger partial charge in [0.25, 0.3) is 0 Å². The Hall–Kier alpha value is -0.920. The van der Waals surface area contributed by atoms with Gasteiger partial charge >= 0.3 is 5.97 Å². The van der Waals surface area contributed by atoms with Crippen LogP contribution in [0.4, 0.5) is 0 Å². The zero-order valence-corrected chi connectivity index (χ0v) is 11.8. The van der Waals surface area contributed by atoms with Crippen molar-refractivity contribution in [3.8, 4) is 0 Å². The number of rotatable bonds is 2. The second kappa shape index (κ2) is 4.99. The van der Waals surface area contributed by atoms with Gasteiger partial charge in [0.15, 0.2) is 9.84 Å². The SMILES string of the molecule is COC(=O)C1CS(=O)(=O)CC(c2sccc2C)N1. The fraction of sp³-hybridized carbons (Fsp3) is 0.545. The van der Waals surface area contributed by atoms with Crippen LogP contribution in [0.2, 0.25) is 0 Å². The van der Waals surface area contributed by atoms with Gasteiger partial charge in [0.05, 0.1) is 24.7 Å². The van der Waals surface area contributed by atoms with Crippen LogP contribution in [0, 0.1) is 6.92 Å². The number of esters is 1. The first-order valence-electron chi connectivity index (χ1n) is 5.51. The maximum absolute atomic E-state index is 11.9. The zero-order chi connectivity index (χ0) is 13.3. The standard InChI is InChI=1S/C11H15NO4S2/c1-7-3-4-17-10(7)8-5-18(14,15)6-9(12-8)11(13)16-2/h3-4,8-9,12H,5-6H2,1-2H3. The third-order valence-corrected chi connectivity index (χ3v) is 5.76. The lowest BCUT2D eigenvalue weighted by atomic mass is 10.1. The lowest BCUT2D eigenvalue weighted by Crippen LogP contribution is -2.51. The van der Waals surface area contributed by atoms with E-state index in [1.165, 1.54) is 18.4 Å². The summed E-state index contributed by atoms with van der Waals surface area (Å²) in [5.74, 6) is -0.694. The molecule has 2 atom stereocenters. The number of sulfone groups is 1. The Morgan fingerprint density at radius 3 is 2.78 bits per heavy atom. The molecule has 1 saturated heterocycles. The average molecular weight is 289 g/mol. The predicted molar refractivity (Wildman–Crippen MR) is 69.4 cm³/mol. The van der Waals surface area contributed by atoms with Crippen molar-refractivity contribution in [3.63, 3.8) is 0 Å². The van der Waals surface area contributed by atoms with Crippen LogP contribution < -0.4 is 5.32 Å². The number of hydrogen-bond acceptors (Lipinski definition) is 6. The van der Waals surface area contributed by atoms with E-state index in [0.717, 1.165) is 10.4 Å². The van der Waals surface area contributed by atoms with Gasteiger partial charge in [-0.3, -0.25) is 10.1 Å². The van der Waals surface area contributed by atoms with Crippen molar-refractivity contribution in [3.05, 3.63) is 21.9 Å². The molecule has 0 amide bonds. The number of aryl methyl sites for hydroxylation is 1. The Kier molecular flexibility index (Phi) is 3.74. The van der Waals surface area contributed by atoms with E-state index in [9.17, 15) is 13.2 Å². The number of nitrogens with one attached hydrogen (secondary N) is 1. The highest BCUT2D eigenvalue weighted by molar-refractivity contribution is 7.91. The van der Waals surface area contributed by atoms with Gasteiger partial charge in [-0.15, -0.1) is 11.3 Å². The Bertz CT molecular complexity index is 549. The lowest BCUT2D eigenvalue weighted by Gasteiger charge is -2.29. The molecule has 0 aromatic carbocycles. The van der Waals surface area contributed by atoms with Crippen molar-refractivity contribution >= 4 is 27.1 Å². The first-order valence-corrected chi connectivity index (χ1v) is 8.21. The molecule has 0 radical (unpaired) electrons. The molecule has 0 saturated carbocycles. The smallest absolute Gasteiger partial charge is 0.323 e. The summed E-state index contributed by atoms with van der Waals surface area (Å²) in [6.07, 6.45) is 0. The molecular weight excluding hydrogens is 274 g/mol. The Morgan fingerprint density at radius 2 is 2.22 bits per heavy atom. The average Bonchev–Trinajstić information content (AvgIpc) is 2.72. The molecule has 1 aromatic heterocycles. The maximum Gasteiger partial charge on any atom is 0.323 e. The molecule has 1 aliphatic rings. The highest BCUT2D eigenvalue weighted by Gasteiger charge is 2.37. The summed E-state index contributed by atoms with van der Waals surface area (Å²) in [6, 6.07) is 0.837. The van der Waals surface area contributed by atoms with Crippen molar-refractivity contribution in [2.24, 2.45) is 0 Å². The van der Waals surface area contributed by atoms with Crippen molar-refractivity contribution < 1.29 is 17.9 Å². The van der Waals surface area contributed by atoms with Crippen LogP contribution in [-0.2, 0) is 19.4 Å². The maximum atomic E-state index is 11.9. The zero-order valence-electron chi connectivity index (χ0n) is 10.2. The van der Waals surface area contributed by atoms with E-state index < -0.39 is 21.8 Å². The van der Waals surface area contributed by atoms with Crippen LogP contribution in [-0.4, -0.2) is 39.0 Å². The van der Waals surface area contributed by atoms with E-state index in [4.69, 9.17) is 0 Å². The minimum Gasteiger partial charge on any atom is -0.468 e. The normalized spacial score (nSPS) is 26.8. The molecule has 1 N–H and O–H groups in total. The van der Waals surface area contributed by atoms with Gasteiger partial charge in [-0.05, 0) is 23.9 Å². The molecule has 1 aromatic rings. The molecule has 7 heteroatoms. The molecule has 0 aliphatic carbocycles. The summed E-state index contributed by atoms with van der Waals surface area (Å²) < 4.78 is 28.3. The molecule has 1 fully saturated rings. The quantitative estimate of drug-likeness (QED) is 0.810. The Labute approximate surface area is 110 Å². The number of thiophene rings is 1. The minimum absolute atomic E-state index is 0.0296. The van der Waals surface area contributed by atoms with Crippen LogP contribution in [0.5, 0.6) is 0 Å². The first-order chi connectivity index (χ1) is 8.43. The van der Waals surface area contributed by atoms with E-state index in [-0.39, 0.29) is 17.5 Å². The highest BCUT2D eigenvalue weighted by Crippen LogP contribution is 2.28. The van der Waals surface area contributed by atoms with Crippen LogP contribution in [0.15, 0.2) is 11.4 Å². The van der Waals surface area contributed by atoms with Gasteiger partial charge < -0.3 is 4.74 Å². The summed E-state index contributed by atoms with van der Waals surface area (Å²) in [7, 11) is -1.98. The molecule has 18 heavy (non-hydrogen) atoms. The van der Waals surface area contributed by atoms with E-state index in [0.29, 0.717) is 0 Å². The number of ether oxygens (including phenoxy) is 1. The molecule has 2 heterocycles. The van der Waals surface area contributed by atoms with Crippen LogP contribution >= 0.6 is 11.3 Å². The molecule has 100 valence electrons. The van der Waals surface area contributed by atoms with E-state index in [2.05, 4.69) is 10.1 Å². The van der Waals surface area contributed by atoms with Crippen molar-refractivity contribution in [1.29, 1.82) is 0 Å². The largest absolute Gasteiger partial charge is 0.468 e.